The first kappa shape index (κ1) is 11.9. The molecule has 1 saturated heterocycles. The summed E-state index contributed by atoms with van der Waals surface area (Å²) in [5.41, 5.74) is 5.83. The molecule has 0 aromatic carbocycles. The van der Waals surface area contributed by atoms with E-state index in [0.717, 1.165) is 12.8 Å². The monoisotopic (exact) mass is 246 g/mol. The predicted octanol–water partition coefficient (Wildman–Crippen LogP) is -0.583. The highest BCUT2D eigenvalue weighted by Crippen LogP contribution is 2.32. The number of nitrogens with one attached hydrogen (secondary N) is 1. The van der Waals surface area contributed by atoms with Gasteiger partial charge in [0.15, 0.2) is 9.84 Å². The summed E-state index contributed by atoms with van der Waals surface area (Å²) in [4.78, 5) is 11.6. The molecule has 6 heteroatoms. The van der Waals surface area contributed by atoms with Crippen molar-refractivity contribution in [3.8, 4) is 0 Å². The third kappa shape index (κ3) is 3.18. The van der Waals surface area contributed by atoms with Gasteiger partial charge in [0.2, 0.25) is 5.91 Å². The molecule has 92 valence electrons. The third-order valence-electron chi connectivity index (χ3n) is 3.25. The average molecular weight is 246 g/mol. The second-order valence-corrected chi connectivity index (χ2v) is 7.10. The molecule has 1 aliphatic carbocycles. The van der Waals surface area contributed by atoms with Crippen molar-refractivity contribution in [2.45, 2.75) is 37.8 Å². The Labute approximate surface area is 95.7 Å². The third-order valence-corrected chi connectivity index (χ3v) is 5.01. The maximum atomic E-state index is 11.6. The minimum absolute atomic E-state index is 0.0574. The molecular formula is C10H18N2O3S. The van der Waals surface area contributed by atoms with E-state index in [0.29, 0.717) is 18.8 Å². The zero-order valence-corrected chi connectivity index (χ0v) is 10.0. The smallest absolute Gasteiger partial charge is 0.221 e. The Hall–Kier alpha value is -0.620. The Morgan fingerprint density at radius 2 is 2.06 bits per heavy atom. The number of sulfone groups is 1. The molecule has 1 aliphatic heterocycles. The quantitative estimate of drug-likeness (QED) is 0.694. The fraction of sp³-hybridized carbons (Fsp3) is 0.900. The van der Waals surface area contributed by atoms with E-state index in [1.807, 2.05) is 0 Å². The Bertz CT molecular complexity index is 376. The van der Waals surface area contributed by atoms with Crippen molar-refractivity contribution in [2.75, 3.05) is 11.5 Å². The molecule has 2 fully saturated rings. The van der Waals surface area contributed by atoms with E-state index in [1.54, 1.807) is 0 Å². The van der Waals surface area contributed by atoms with Gasteiger partial charge in [0.05, 0.1) is 11.5 Å². The Kier molecular flexibility index (Phi) is 3.21. The molecule has 0 spiro atoms. The Morgan fingerprint density at radius 3 is 2.56 bits per heavy atom. The van der Waals surface area contributed by atoms with E-state index >= 15 is 0 Å². The largest absolute Gasteiger partial charge is 0.352 e. The highest BCUT2D eigenvalue weighted by molar-refractivity contribution is 7.91. The minimum atomic E-state index is -2.92. The van der Waals surface area contributed by atoms with Crippen LogP contribution >= 0.6 is 0 Å². The second-order valence-electron chi connectivity index (χ2n) is 4.87. The first-order chi connectivity index (χ1) is 7.46. The molecular weight excluding hydrogens is 228 g/mol. The van der Waals surface area contributed by atoms with Crippen LogP contribution in [0.3, 0.4) is 0 Å². The lowest BCUT2D eigenvalue weighted by Gasteiger charge is -2.13. The normalized spacial score (nSPS) is 29.9. The van der Waals surface area contributed by atoms with Crippen LogP contribution in [-0.4, -0.2) is 37.9 Å². The molecule has 2 unspecified atom stereocenters. The molecule has 1 saturated carbocycles. The highest BCUT2D eigenvalue weighted by atomic mass is 32.2. The molecule has 0 aromatic heterocycles. The number of hydrogen-bond donors (Lipinski definition) is 2. The van der Waals surface area contributed by atoms with Crippen LogP contribution in [0.15, 0.2) is 0 Å². The zero-order chi connectivity index (χ0) is 11.8. The maximum Gasteiger partial charge on any atom is 0.221 e. The van der Waals surface area contributed by atoms with Crippen molar-refractivity contribution in [3.63, 3.8) is 0 Å². The number of nitrogens with two attached hydrogens (primary N) is 1. The molecule has 0 radical (unpaired) electrons. The number of carbonyl (C=O) groups is 1. The summed E-state index contributed by atoms with van der Waals surface area (Å²) in [7, 11) is -2.92. The van der Waals surface area contributed by atoms with Gasteiger partial charge in [0.1, 0.15) is 0 Å². The van der Waals surface area contributed by atoms with Crippen LogP contribution in [-0.2, 0) is 14.6 Å². The molecule has 5 nitrogen and oxygen atoms in total. The standard InChI is InChI=1S/C10H18N2O3S/c11-9(7-1-2-7)5-10(13)12-8-3-4-16(14,15)6-8/h7-9H,1-6,11H2,(H,12,13). The lowest BCUT2D eigenvalue weighted by molar-refractivity contribution is -0.122. The zero-order valence-electron chi connectivity index (χ0n) is 9.19. The van der Waals surface area contributed by atoms with Crippen molar-refractivity contribution in [3.05, 3.63) is 0 Å². The summed E-state index contributed by atoms with van der Waals surface area (Å²) < 4.78 is 22.4. The van der Waals surface area contributed by atoms with Gasteiger partial charge in [-0.2, -0.15) is 0 Å². The van der Waals surface area contributed by atoms with Crippen molar-refractivity contribution >= 4 is 15.7 Å². The van der Waals surface area contributed by atoms with Crippen LogP contribution in [0.4, 0.5) is 0 Å². The van der Waals surface area contributed by atoms with E-state index in [2.05, 4.69) is 5.32 Å². The number of carbonyl (C=O) groups excluding carboxylic acids is 1. The molecule has 2 atom stereocenters. The number of amides is 1. The average Bonchev–Trinajstić information content (AvgIpc) is 2.92. The van der Waals surface area contributed by atoms with E-state index in [-0.39, 0.29) is 29.5 Å². The van der Waals surface area contributed by atoms with Crippen molar-refractivity contribution in [1.82, 2.24) is 5.32 Å². The van der Waals surface area contributed by atoms with Crippen LogP contribution in [0.25, 0.3) is 0 Å². The van der Waals surface area contributed by atoms with Gasteiger partial charge in [0, 0.05) is 18.5 Å². The molecule has 3 N–H and O–H groups in total. The van der Waals surface area contributed by atoms with Gasteiger partial charge in [-0.1, -0.05) is 0 Å². The summed E-state index contributed by atoms with van der Waals surface area (Å²) in [6.45, 7) is 0. The first-order valence-electron chi connectivity index (χ1n) is 5.71. The molecule has 2 aliphatic rings. The van der Waals surface area contributed by atoms with Crippen molar-refractivity contribution in [2.24, 2.45) is 11.7 Å². The van der Waals surface area contributed by atoms with Gasteiger partial charge in [-0.15, -0.1) is 0 Å². The van der Waals surface area contributed by atoms with E-state index < -0.39 is 9.84 Å². The van der Waals surface area contributed by atoms with Gasteiger partial charge < -0.3 is 11.1 Å². The van der Waals surface area contributed by atoms with E-state index in [4.69, 9.17) is 5.73 Å². The number of rotatable bonds is 4. The van der Waals surface area contributed by atoms with Crippen molar-refractivity contribution < 1.29 is 13.2 Å². The van der Waals surface area contributed by atoms with Crippen LogP contribution in [0.1, 0.15) is 25.7 Å². The fourth-order valence-electron chi connectivity index (χ4n) is 2.10. The predicted molar refractivity (Wildman–Crippen MR) is 60.5 cm³/mol. The maximum absolute atomic E-state index is 11.6. The van der Waals surface area contributed by atoms with E-state index in [1.165, 1.54) is 0 Å². The van der Waals surface area contributed by atoms with Gasteiger partial charge in [-0.05, 0) is 25.2 Å². The first-order valence-corrected chi connectivity index (χ1v) is 7.54. The molecule has 2 rings (SSSR count). The van der Waals surface area contributed by atoms with Crippen LogP contribution in [0, 0.1) is 5.92 Å². The van der Waals surface area contributed by atoms with E-state index in [9.17, 15) is 13.2 Å². The van der Waals surface area contributed by atoms with Crippen molar-refractivity contribution in [1.29, 1.82) is 0 Å². The summed E-state index contributed by atoms with van der Waals surface area (Å²) in [6.07, 6.45) is 3.09. The second kappa shape index (κ2) is 4.33. The number of hydrogen-bond acceptors (Lipinski definition) is 4. The minimum Gasteiger partial charge on any atom is -0.352 e. The molecule has 16 heavy (non-hydrogen) atoms. The van der Waals surface area contributed by atoms with Gasteiger partial charge in [0.25, 0.3) is 0 Å². The Morgan fingerprint density at radius 1 is 1.38 bits per heavy atom. The van der Waals surface area contributed by atoms with Crippen LogP contribution in [0.2, 0.25) is 0 Å². The van der Waals surface area contributed by atoms with Crippen LogP contribution in [0.5, 0.6) is 0 Å². The molecule has 0 bridgehead atoms. The van der Waals surface area contributed by atoms with Gasteiger partial charge >= 0.3 is 0 Å². The highest BCUT2D eigenvalue weighted by Gasteiger charge is 2.32. The molecule has 1 heterocycles. The van der Waals surface area contributed by atoms with Gasteiger partial charge in [-0.3, -0.25) is 4.79 Å². The lowest BCUT2D eigenvalue weighted by atomic mass is 10.1. The van der Waals surface area contributed by atoms with Gasteiger partial charge in [-0.25, -0.2) is 8.42 Å². The summed E-state index contributed by atoms with van der Waals surface area (Å²) in [5.74, 6) is 0.656. The summed E-state index contributed by atoms with van der Waals surface area (Å²) in [5, 5.41) is 2.75. The SMILES string of the molecule is NC(CC(=O)NC1CCS(=O)(=O)C1)C1CC1. The molecule has 0 aromatic rings. The fourth-order valence-corrected chi connectivity index (χ4v) is 3.77. The summed E-state index contributed by atoms with van der Waals surface area (Å²) >= 11 is 0. The van der Waals surface area contributed by atoms with Crippen LogP contribution < -0.4 is 11.1 Å². The summed E-state index contributed by atoms with van der Waals surface area (Å²) in [6, 6.07) is -0.262. The molecule has 1 amide bonds. The lowest BCUT2D eigenvalue weighted by Crippen LogP contribution is -2.39. The topological polar surface area (TPSA) is 89.3 Å². The Balaban J connectivity index is 1.75.